The topological polar surface area (TPSA) is 87.4 Å². The molecule has 3 aromatic rings. The number of rotatable bonds is 3. The van der Waals surface area contributed by atoms with E-state index in [2.05, 4.69) is 0 Å². The fourth-order valence-electron chi connectivity index (χ4n) is 2.85. The number of ether oxygens (including phenoxy) is 4. The minimum Gasteiger partial charge on any atom is -0.504 e. The third-order valence-corrected chi connectivity index (χ3v) is 4.05. The van der Waals surface area contributed by atoms with Crippen molar-refractivity contribution in [2.24, 2.45) is 0 Å². The van der Waals surface area contributed by atoms with E-state index in [-0.39, 0.29) is 34.9 Å². The van der Waals surface area contributed by atoms with Crippen molar-refractivity contribution in [3.63, 3.8) is 0 Å². The summed E-state index contributed by atoms with van der Waals surface area (Å²) in [4.78, 5) is 13.1. The van der Waals surface area contributed by atoms with Gasteiger partial charge in [-0.05, 0) is 17.7 Å². The van der Waals surface area contributed by atoms with Crippen molar-refractivity contribution < 1.29 is 28.5 Å². The van der Waals surface area contributed by atoms with Crippen LogP contribution in [0, 0.1) is 0 Å². The molecule has 0 amide bonds. The van der Waals surface area contributed by atoms with Crippen LogP contribution in [-0.4, -0.2) is 26.1 Å². The van der Waals surface area contributed by atoms with Crippen molar-refractivity contribution in [2.45, 2.75) is 0 Å². The standard InChI is InChI=1S/C18H14O7/c1-21-12-5-9(3-4-11(12)19)10-7-23-13-6-14-17(25-8-24-14)18(22-2)15(13)16(10)20/h3-7,19H,8H2,1-2H3. The van der Waals surface area contributed by atoms with Gasteiger partial charge in [-0.1, -0.05) is 6.07 Å². The largest absolute Gasteiger partial charge is 0.504 e. The smallest absolute Gasteiger partial charge is 0.231 e. The second kappa shape index (κ2) is 5.62. The van der Waals surface area contributed by atoms with Gasteiger partial charge in [-0.15, -0.1) is 0 Å². The second-order valence-corrected chi connectivity index (χ2v) is 5.38. The number of fused-ring (bicyclic) bond motifs is 2. The maximum Gasteiger partial charge on any atom is 0.231 e. The molecule has 0 fully saturated rings. The number of phenolic OH excluding ortho intramolecular Hbond substituents is 1. The molecule has 0 bridgehead atoms. The molecule has 0 spiro atoms. The Kier molecular flexibility index (Phi) is 3.42. The zero-order valence-corrected chi connectivity index (χ0v) is 13.5. The van der Waals surface area contributed by atoms with E-state index in [0.717, 1.165) is 0 Å². The lowest BCUT2D eigenvalue weighted by atomic mass is 10.0. The van der Waals surface area contributed by atoms with Crippen molar-refractivity contribution in [1.82, 2.24) is 0 Å². The summed E-state index contributed by atoms with van der Waals surface area (Å²) in [6.45, 7) is 0.0538. The normalized spacial score (nSPS) is 12.4. The van der Waals surface area contributed by atoms with Gasteiger partial charge in [0, 0.05) is 6.07 Å². The van der Waals surface area contributed by atoms with Gasteiger partial charge in [0.1, 0.15) is 17.2 Å². The molecule has 4 rings (SSSR count). The SMILES string of the molecule is COc1cc(-c2coc3cc4c(c(OC)c3c2=O)OCO4)ccc1O. The lowest BCUT2D eigenvalue weighted by molar-refractivity contribution is 0.171. The monoisotopic (exact) mass is 342 g/mol. The predicted octanol–water partition coefficient (Wildman–Crippen LogP) is 2.91. The highest BCUT2D eigenvalue weighted by Crippen LogP contribution is 2.45. The summed E-state index contributed by atoms with van der Waals surface area (Å²) in [5.41, 5.74) is 0.901. The molecule has 1 N–H and O–H groups in total. The van der Waals surface area contributed by atoms with Gasteiger partial charge >= 0.3 is 0 Å². The van der Waals surface area contributed by atoms with Crippen LogP contribution in [0.4, 0.5) is 0 Å². The summed E-state index contributed by atoms with van der Waals surface area (Å²) in [6, 6.07) is 6.22. The zero-order chi connectivity index (χ0) is 17.6. The minimum absolute atomic E-state index is 0.0163. The zero-order valence-electron chi connectivity index (χ0n) is 13.5. The van der Waals surface area contributed by atoms with E-state index in [9.17, 15) is 9.90 Å². The van der Waals surface area contributed by atoms with Gasteiger partial charge in [0.05, 0.1) is 19.8 Å². The van der Waals surface area contributed by atoms with Crippen molar-refractivity contribution in [1.29, 1.82) is 0 Å². The molecule has 0 atom stereocenters. The molecule has 0 radical (unpaired) electrons. The maximum atomic E-state index is 13.1. The molecule has 0 unspecified atom stereocenters. The summed E-state index contributed by atoms with van der Waals surface area (Å²) in [6.07, 6.45) is 1.36. The molecule has 2 heterocycles. The van der Waals surface area contributed by atoms with Crippen LogP contribution in [0.1, 0.15) is 0 Å². The molecule has 0 saturated heterocycles. The third-order valence-electron chi connectivity index (χ3n) is 4.05. The molecule has 1 aliphatic heterocycles. The quantitative estimate of drug-likeness (QED) is 0.783. The van der Waals surface area contributed by atoms with Crippen molar-refractivity contribution in [2.75, 3.05) is 21.0 Å². The third kappa shape index (κ3) is 2.24. The highest BCUT2D eigenvalue weighted by molar-refractivity contribution is 5.92. The molecule has 1 aromatic heterocycles. The Morgan fingerprint density at radius 1 is 1.12 bits per heavy atom. The van der Waals surface area contributed by atoms with Crippen LogP contribution in [0.5, 0.6) is 28.7 Å². The molecule has 0 aliphatic carbocycles. The van der Waals surface area contributed by atoms with Gasteiger partial charge in [0.25, 0.3) is 0 Å². The average molecular weight is 342 g/mol. The summed E-state index contributed by atoms with van der Waals surface area (Å²) in [5.74, 6) is 1.35. The van der Waals surface area contributed by atoms with Crippen LogP contribution in [0.3, 0.4) is 0 Å². The van der Waals surface area contributed by atoms with Crippen LogP contribution in [0.2, 0.25) is 0 Å². The molecule has 1 aliphatic rings. The van der Waals surface area contributed by atoms with Crippen LogP contribution in [-0.2, 0) is 0 Å². The summed E-state index contributed by atoms with van der Waals surface area (Å²) < 4.78 is 26.8. The number of phenols is 1. The van der Waals surface area contributed by atoms with Crippen LogP contribution in [0.15, 0.2) is 39.7 Å². The fourth-order valence-corrected chi connectivity index (χ4v) is 2.85. The second-order valence-electron chi connectivity index (χ2n) is 5.38. The molecule has 25 heavy (non-hydrogen) atoms. The Balaban J connectivity index is 2.00. The predicted molar refractivity (Wildman–Crippen MR) is 88.8 cm³/mol. The maximum absolute atomic E-state index is 13.1. The fraction of sp³-hybridized carbons (Fsp3) is 0.167. The lowest BCUT2D eigenvalue weighted by Crippen LogP contribution is -2.07. The first kappa shape index (κ1) is 15.2. The summed E-state index contributed by atoms with van der Waals surface area (Å²) >= 11 is 0. The van der Waals surface area contributed by atoms with E-state index < -0.39 is 0 Å². The Morgan fingerprint density at radius 2 is 1.96 bits per heavy atom. The van der Waals surface area contributed by atoms with Gasteiger partial charge in [0.2, 0.25) is 18.0 Å². The highest BCUT2D eigenvalue weighted by Gasteiger charge is 2.25. The Morgan fingerprint density at radius 3 is 2.72 bits per heavy atom. The first-order valence-corrected chi connectivity index (χ1v) is 7.43. The first-order valence-electron chi connectivity index (χ1n) is 7.43. The van der Waals surface area contributed by atoms with Gasteiger partial charge in [0.15, 0.2) is 23.0 Å². The molecule has 2 aromatic carbocycles. The molecular weight excluding hydrogens is 328 g/mol. The van der Waals surface area contributed by atoms with Crippen LogP contribution < -0.4 is 24.4 Å². The number of hydrogen-bond acceptors (Lipinski definition) is 7. The summed E-state index contributed by atoms with van der Waals surface area (Å²) in [7, 11) is 2.89. The summed E-state index contributed by atoms with van der Waals surface area (Å²) in [5, 5.41) is 9.99. The van der Waals surface area contributed by atoms with E-state index >= 15 is 0 Å². The minimum atomic E-state index is -0.288. The molecule has 128 valence electrons. The molecule has 0 saturated carbocycles. The van der Waals surface area contributed by atoms with E-state index in [1.165, 1.54) is 26.5 Å². The lowest BCUT2D eigenvalue weighted by Gasteiger charge is -2.10. The number of benzene rings is 2. The Hall–Kier alpha value is -3.35. The van der Waals surface area contributed by atoms with Gasteiger partial charge < -0.3 is 28.5 Å². The van der Waals surface area contributed by atoms with E-state index in [1.54, 1.807) is 18.2 Å². The van der Waals surface area contributed by atoms with Crippen LogP contribution in [0.25, 0.3) is 22.1 Å². The Bertz CT molecular complexity index is 1040. The number of methoxy groups -OCH3 is 2. The van der Waals surface area contributed by atoms with Crippen LogP contribution >= 0.6 is 0 Å². The molecule has 7 heteroatoms. The first-order chi connectivity index (χ1) is 12.1. The van der Waals surface area contributed by atoms with Crippen molar-refractivity contribution in [3.8, 4) is 39.9 Å². The molecular formula is C18H14O7. The number of aromatic hydroxyl groups is 1. The van der Waals surface area contributed by atoms with E-state index in [0.29, 0.717) is 28.2 Å². The highest BCUT2D eigenvalue weighted by atomic mass is 16.7. The van der Waals surface area contributed by atoms with E-state index in [4.69, 9.17) is 23.4 Å². The average Bonchev–Trinajstić information content (AvgIpc) is 3.09. The van der Waals surface area contributed by atoms with Gasteiger partial charge in [-0.25, -0.2) is 0 Å². The molecule has 7 nitrogen and oxygen atoms in total. The Labute approximate surface area is 141 Å². The van der Waals surface area contributed by atoms with Gasteiger partial charge in [-0.2, -0.15) is 0 Å². The van der Waals surface area contributed by atoms with E-state index in [1.807, 2.05) is 0 Å². The van der Waals surface area contributed by atoms with Crippen molar-refractivity contribution >= 4 is 11.0 Å². The van der Waals surface area contributed by atoms with Crippen molar-refractivity contribution in [3.05, 3.63) is 40.8 Å². The van der Waals surface area contributed by atoms with Gasteiger partial charge in [-0.3, -0.25) is 4.79 Å². The number of hydrogen-bond donors (Lipinski definition) is 1.